The highest BCUT2D eigenvalue weighted by molar-refractivity contribution is 6.03. The molecule has 1 amide bonds. The molecule has 0 fully saturated rings. The Balaban J connectivity index is 1.52. The second kappa shape index (κ2) is 10.1. The first-order chi connectivity index (χ1) is 16.1. The highest BCUT2D eigenvalue weighted by Crippen LogP contribution is 2.33. The fourth-order valence-electron chi connectivity index (χ4n) is 3.78. The maximum Gasteiger partial charge on any atom is 0.281 e. The predicted octanol–water partition coefficient (Wildman–Crippen LogP) is 5.04. The first-order valence-corrected chi connectivity index (χ1v) is 10.9. The Kier molecular flexibility index (Phi) is 6.83. The molecule has 0 aliphatic carbocycles. The fraction of sp³-hybridized carbons (Fsp3) is 0.222. The van der Waals surface area contributed by atoms with Crippen LogP contribution < -0.4 is 9.47 Å². The molecule has 4 rings (SSSR count). The van der Waals surface area contributed by atoms with Crippen molar-refractivity contribution in [3.8, 4) is 11.5 Å². The molecular weight excluding hydrogens is 416 g/mol. The summed E-state index contributed by atoms with van der Waals surface area (Å²) in [5.41, 5.74) is 3.45. The summed E-state index contributed by atoms with van der Waals surface area (Å²) in [6.07, 6.45) is 1.05. The van der Waals surface area contributed by atoms with Crippen LogP contribution in [0.5, 0.6) is 11.5 Å². The smallest absolute Gasteiger partial charge is 0.281 e. The second-order valence-corrected chi connectivity index (χ2v) is 7.73. The molecule has 3 aromatic rings. The molecule has 0 bridgehead atoms. The molecule has 3 aromatic carbocycles. The molecule has 1 heterocycles. The topological polar surface area (TPSA) is 68.2 Å². The third-order valence-electron chi connectivity index (χ3n) is 5.63. The maximum absolute atomic E-state index is 13.1. The molecular formula is C27H26N2O4. The highest BCUT2D eigenvalue weighted by Gasteiger charge is 2.33. The van der Waals surface area contributed by atoms with Crippen LogP contribution in [0.1, 0.15) is 47.3 Å². The van der Waals surface area contributed by atoms with E-state index in [1.165, 1.54) is 5.01 Å². The van der Waals surface area contributed by atoms with Gasteiger partial charge in [-0.1, -0.05) is 49.4 Å². The van der Waals surface area contributed by atoms with Crippen molar-refractivity contribution in [1.29, 1.82) is 0 Å². The van der Waals surface area contributed by atoms with Crippen molar-refractivity contribution >= 4 is 17.4 Å². The molecule has 6 nitrogen and oxygen atoms in total. The molecule has 0 radical (unpaired) electrons. The lowest BCUT2D eigenvalue weighted by Crippen LogP contribution is -2.31. The number of hydrazone groups is 1. The average Bonchev–Trinajstić information content (AvgIpc) is 3.33. The van der Waals surface area contributed by atoms with E-state index in [0.717, 1.165) is 22.6 Å². The van der Waals surface area contributed by atoms with Crippen LogP contribution in [0.3, 0.4) is 0 Å². The van der Waals surface area contributed by atoms with Crippen molar-refractivity contribution in [3.05, 3.63) is 95.6 Å². The molecule has 0 unspecified atom stereocenters. The zero-order valence-electron chi connectivity index (χ0n) is 18.7. The minimum absolute atomic E-state index is 0.0693. The number of hydrogen-bond acceptors (Lipinski definition) is 5. The van der Waals surface area contributed by atoms with Gasteiger partial charge >= 0.3 is 0 Å². The van der Waals surface area contributed by atoms with Crippen LogP contribution in [-0.4, -0.2) is 36.1 Å². The number of Topliss-reactive ketones (excluding diaryl/α,β-unsaturated/α-hetero) is 1. The predicted molar refractivity (Wildman–Crippen MR) is 127 cm³/mol. The van der Waals surface area contributed by atoms with Gasteiger partial charge in [0, 0.05) is 18.4 Å². The van der Waals surface area contributed by atoms with Gasteiger partial charge in [-0.25, -0.2) is 5.01 Å². The van der Waals surface area contributed by atoms with Gasteiger partial charge < -0.3 is 9.47 Å². The van der Waals surface area contributed by atoms with Gasteiger partial charge in [0.2, 0.25) is 0 Å². The summed E-state index contributed by atoms with van der Waals surface area (Å²) in [6.45, 7) is 1.67. The second-order valence-electron chi connectivity index (χ2n) is 7.73. The summed E-state index contributed by atoms with van der Waals surface area (Å²) in [5.74, 6) is 1.12. The number of methoxy groups -OCH3 is 1. The van der Waals surface area contributed by atoms with Gasteiger partial charge in [-0.3, -0.25) is 9.59 Å². The first kappa shape index (κ1) is 22.3. The number of carbonyl (C=O) groups excluding carboxylic acids is 2. The van der Waals surface area contributed by atoms with E-state index in [1.54, 1.807) is 31.4 Å². The zero-order chi connectivity index (χ0) is 23.2. The molecule has 6 heteroatoms. The van der Waals surface area contributed by atoms with Crippen molar-refractivity contribution in [2.45, 2.75) is 25.8 Å². The van der Waals surface area contributed by atoms with Crippen LogP contribution in [0.4, 0.5) is 0 Å². The van der Waals surface area contributed by atoms with Gasteiger partial charge in [-0.2, -0.15) is 5.10 Å². The van der Waals surface area contributed by atoms with Gasteiger partial charge in [0.15, 0.2) is 12.4 Å². The SMILES string of the molecule is CCC(=O)c1ccc(OCC(=O)N2N=C(c3ccccc3)C[C@@H]2c2ccc(OC)cc2)cc1. The van der Waals surface area contributed by atoms with E-state index in [0.29, 0.717) is 24.2 Å². The fourth-order valence-corrected chi connectivity index (χ4v) is 3.78. The summed E-state index contributed by atoms with van der Waals surface area (Å²) < 4.78 is 11.0. The Morgan fingerprint density at radius 3 is 2.24 bits per heavy atom. The van der Waals surface area contributed by atoms with Crippen molar-refractivity contribution in [2.24, 2.45) is 5.10 Å². The van der Waals surface area contributed by atoms with Crippen molar-refractivity contribution in [1.82, 2.24) is 5.01 Å². The Bertz CT molecular complexity index is 1140. The van der Waals surface area contributed by atoms with Crippen LogP contribution in [0, 0.1) is 0 Å². The number of amides is 1. The first-order valence-electron chi connectivity index (χ1n) is 10.9. The van der Waals surface area contributed by atoms with Crippen LogP contribution in [0.15, 0.2) is 84.0 Å². The minimum atomic E-state index is -0.240. The van der Waals surface area contributed by atoms with E-state index in [2.05, 4.69) is 5.10 Å². The van der Waals surface area contributed by atoms with Crippen LogP contribution in [-0.2, 0) is 4.79 Å². The number of ketones is 1. The summed E-state index contributed by atoms with van der Waals surface area (Å²) in [4.78, 5) is 24.9. The average molecular weight is 443 g/mol. The molecule has 1 aliphatic rings. The van der Waals surface area contributed by atoms with Gasteiger partial charge in [-0.05, 0) is 47.5 Å². The summed E-state index contributed by atoms with van der Waals surface area (Å²) in [7, 11) is 1.62. The number of nitrogens with zero attached hydrogens (tertiary/aromatic N) is 2. The Morgan fingerprint density at radius 1 is 0.939 bits per heavy atom. The number of hydrogen-bond donors (Lipinski definition) is 0. The molecule has 1 atom stereocenters. The molecule has 168 valence electrons. The number of carbonyl (C=O) groups is 2. The van der Waals surface area contributed by atoms with Crippen molar-refractivity contribution in [3.63, 3.8) is 0 Å². The molecule has 0 saturated carbocycles. The van der Waals surface area contributed by atoms with E-state index < -0.39 is 0 Å². The molecule has 1 aliphatic heterocycles. The van der Waals surface area contributed by atoms with E-state index in [1.807, 2.05) is 61.5 Å². The number of ether oxygens (including phenoxy) is 2. The third-order valence-corrected chi connectivity index (χ3v) is 5.63. The summed E-state index contributed by atoms with van der Waals surface area (Å²) in [5, 5.41) is 6.18. The normalized spacial score (nSPS) is 15.2. The summed E-state index contributed by atoms with van der Waals surface area (Å²) in [6, 6.07) is 24.2. The lowest BCUT2D eigenvalue weighted by Gasteiger charge is -2.22. The molecule has 33 heavy (non-hydrogen) atoms. The lowest BCUT2D eigenvalue weighted by molar-refractivity contribution is -0.135. The molecule has 0 spiro atoms. The van der Waals surface area contributed by atoms with Crippen LogP contribution in [0.25, 0.3) is 0 Å². The lowest BCUT2D eigenvalue weighted by atomic mass is 9.98. The molecule has 0 saturated heterocycles. The highest BCUT2D eigenvalue weighted by atomic mass is 16.5. The van der Waals surface area contributed by atoms with Crippen LogP contribution >= 0.6 is 0 Å². The van der Waals surface area contributed by atoms with Crippen LogP contribution in [0.2, 0.25) is 0 Å². The zero-order valence-corrected chi connectivity index (χ0v) is 18.7. The van der Waals surface area contributed by atoms with Crippen molar-refractivity contribution < 1.29 is 19.1 Å². The van der Waals surface area contributed by atoms with Crippen molar-refractivity contribution in [2.75, 3.05) is 13.7 Å². The van der Waals surface area contributed by atoms with Gasteiger partial charge in [0.1, 0.15) is 11.5 Å². The largest absolute Gasteiger partial charge is 0.497 e. The Labute approximate surface area is 193 Å². The number of rotatable bonds is 8. The van der Waals surface area contributed by atoms with E-state index >= 15 is 0 Å². The molecule has 0 N–H and O–H groups in total. The Morgan fingerprint density at radius 2 is 1.61 bits per heavy atom. The van der Waals surface area contributed by atoms with Gasteiger partial charge in [0.05, 0.1) is 18.9 Å². The monoisotopic (exact) mass is 442 g/mol. The van der Waals surface area contributed by atoms with Gasteiger partial charge in [0.25, 0.3) is 5.91 Å². The van der Waals surface area contributed by atoms with Gasteiger partial charge in [-0.15, -0.1) is 0 Å². The summed E-state index contributed by atoms with van der Waals surface area (Å²) >= 11 is 0. The minimum Gasteiger partial charge on any atom is -0.497 e. The number of benzene rings is 3. The van der Waals surface area contributed by atoms with E-state index in [-0.39, 0.29) is 24.3 Å². The quantitative estimate of drug-likeness (QED) is 0.458. The van der Waals surface area contributed by atoms with E-state index in [4.69, 9.17) is 9.47 Å². The maximum atomic E-state index is 13.1. The standard InChI is InChI=1S/C27H26N2O4/c1-3-26(30)21-11-15-23(16-12-21)33-18-27(31)29-25(20-9-13-22(32-2)14-10-20)17-24(28-29)19-7-5-4-6-8-19/h4-16,25H,3,17-18H2,1-2H3/t25-/m1/s1. The van der Waals surface area contributed by atoms with E-state index in [9.17, 15) is 9.59 Å². The molecule has 0 aromatic heterocycles. The third kappa shape index (κ3) is 5.12. The Hall–Kier alpha value is -3.93.